The summed E-state index contributed by atoms with van der Waals surface area (Å²) in [6.07, 6.45) is 0. The van der Waals surface area contributed by atoms with Gasteiger partial charge in [0.15, 0.2) is 5.82 Å². The SMILES string of the molecule is c1ccc(-c2cccc(-c3cc(-c4ccc5c(c4)sc4ccccc45)cc(-c4cc(-c5ccccc5)nc(-c5ccccc5-c5ccccc5)n4)c3)c2)cc1. The first kappa shape index (κ1) is 32.7. The number of fused-ring (bicyclic) bond motifs is 3. The third-order valence-corrected chi connectivity index (χ3v) is 11.4. The Morgan fingerprint density at radius 2 is 0.764 bits per heavy atom. The van der Waals surface area contributed by atoms with Crippen molar-refractivity contribution in [2.75, 3.05) is 0 Å². The van der Waals surface area contributed by atoms with Crippen molar-refractivity contribution in [3.8, 4) is 78.4 Å². The van der Waals surface area contributed by atoms with Gasteiger partial charge in [0.2, 0.25) is 0 Å². The zero-order valence-corrected chi connectivity index (χ0v) is 30.7. The van der Waals surface area contributed by atoms with E-state index in [-0.39, 0.29) is 0 Å². The maximum atomic E-state index is 5.39. The maximum Gasteiger partial charge on any atom is 0.161 e. The zero-order valence-electron chi connectivity index (χ0n) is 29.9. The average molecular weight is 719 g/mol. The van der Waals surface area contributed by atoms with E-state index in [1.165, 1.54) is 36.9 Å². The van der Waals surface area contributed by atoms with Crippen LogP contribution in [0.15, 0.2) is 206 Å². The molecular weight excluding hydrogens is 685 g/mol. The van der Waals surface area contributed by atoms with Crippen molar-refractivity contribution >= 4 is 31.5 Å². The minimum absolute atomic E-state index is 0.695. The summed E-state index contributed by atoms with van der Waals surface area (Å²) >= 11 is 1.85. The van der Waals surface area contributed by atoms with Gasteiger partial charge in [-0.25, -0.2) is 9.97 Å². The highest BCUT2D eigenvalue weighted by atomic mass is 32.1. The van der Waals surface area contributed by atoms with Crippen LogP contribution in [0.3, 0.4) is 0 Å². The van der Waals surface area contributed by atoms with E-state index in [2.05, 4.69) is 200 Å². The Kier molecular flexibility index (Phi) is 8.40. The first-order chi connectivity index (χ1) is 27.2. The van der Waals surface area contributed by atoms with E-state index in [9.17, 15) is 0 Å². The number of aromatic nitrogens is 2. The molecule has 0 aliphatic rings. The van der Waals surface area contributed by atoms with Gasteiger partial charge in [0.25, 0.3) is 0 Å². The van der Waals surface area contributed by atoms with Gasteiger partial charge in [-0.15, -0.1) is 11.3 Å². The lowest BCUT2D eigenvalue weighted by Gasteiger charge is -2.15. The Hall–Kier alpha value is -6.94. The lowest BCUT2D eigenvalue weighted by atomic mass is 9.92. The Bertz CT molecular complexity index is 2970. The van der Waals surface area contributed by atoms with E-state index < -0.39 is 0 Å². The number of hydrogen-bond acceptors (Lipinski definition) is 3. The van der Waals surface area contributed by atoms with Crippen molar-refractivity contribution < 1.29 is 0 Å². The molecule has 0 fully saturated rings. The molecule has 2 aromatic heterocycles. The van der Waals surface area contributed by atoms with Crippen LogP contribution in [0.4, 0.5) is 0 Å². The third kappa shape index (κ3) is 6.41. The predicted octanol–water partition coefficient (Wildman–Crippen LogP) is 14.5. The second kappa shape index (κ2) is 14.1. The summed E-state index contributed by atoms with van der Waals surface area (Å²) in [7, 11) is 0. The van der Waals surface area contributed by atoms with Crippen LogP contribution in [0, 0.1) is 0 Å². The maximum absolute atomic E-state index is 5.39. The summed E-state index contributed by atoms with van der Waals surface area (Å²) in [6, 6.07) is 73.4. The summed E-state index contributed by atoms with van der Waals surface area (Å²) < 4.78 is 2.59. The largest absolute Gasteiger partial charge is 0.228 e. The van der Waals surface area contributed by atoms with E-state index >= 15 is 0 Å². The van der Waals surface area contributed by atoms with Crippen LogP contribution in [-0.2, 0) is 0 Å². The van der Waals surface area contributed by atoms with Crippen molar-refractivity contribution in [1.29, 1.82) is 0 Å². The van der Waals surface area contributed by atoms with Crippen molar-refractivity contribution in [1.82, 2.24) is 9.97 Å². The van der Waals surface area contributed by atoms with Crippen molar-refractivity contribution in [3.63, 3.8) is 0 Å². The molecule has 2 heterocycles. The highest BCUT2D eigenvalue weighted by Crippen LogP contribution is 2.40. The molecule has 3 heteroatoms. The summed E-state index contributed by atoms with van der Waals surface area (Å²) in [6.45, 7) is 0. The summed E-state index contributed by atoms with van der Waals surface area (Å²) in [5.41, 5.74) is 14.0. The molecule has 2 nitrogen and oxygen atoms in total. The molecule has 0 spiro atoms. The minimum Gasteiger partial charge on any atom is -0.228 e. The molecule has 0 amide bonds. The standard InChI is InChI=1S/C52H34N2S/c1-4-15-35(16-5-1)38-21-14-22-39(29-38)41-30-42(40-27-28-46-45-24-12-13-26-50(45)55-51(46)33-40)32-43(31-41)49-34-48(37-19-8-3-9-20-37)53-52(54-49)47-25-11-10-23-44(47)36-17-6-2-7-18-36/h1-34H. The first-order valence-electron chi connectivity index (χ1n) is 18.6. The van der Waals surface area contributed by atoms with E-state index in [4.69, 9.17) is 9.97 Å². The van der Waals surface area contributed by atoms with Crippen LogP contribution in [0.25, 0.3) is 98.6 Å². The Morgan fingerprint density at radius 1 is 0.273 bits per heavy atom. The van der Waals surface area contributed by atoms with Gasteiger partial charge in [-0.2, -0.15) is 0 Å². The fourth-order valence-corrected chi connectivity index (χ4v) is 8.69. The molecule has 0 atom stereocenters. The monoisotopic (exact) mass is 718 g/mol. The van der Waals surface area contributed by atoms with Crippen LogP contribution < -0.4 is 0 Å². The summed E-state index contributed by atoms with van der Waals surface area (Å²) in [5.74, 6) is 0.695. The fraction of sp³-hybridized carbons (Fsp3) is 0. The van der Waals surface area contributed by atoms with E-state index in [1.807, 2.05) is 17.4 Å². The average Bonchev–Trinajstić information content (AvgIpc) is 3.65. The minimum atomic E-state index is 0.695. The van der Waals surface area contributed by atoms with E-state index in [0.717, 1.165) is 55.9 Å². The van der Waals surface area contributed by atoms with Gasteiger partial charge < -0.3 is 0 Å². The van der Waals surface area contributed by atoms with Gasteiger partial charge in [-0.05, 0) is 87.0 Å². The van der Waals surface area contributed by atoms with E-state index in [0.29, 0.717) is 5.82 Å². The molecule has 0 unspecified atom stereocenters. The van der Waals surface area contributed by atoms with Gasteiger partial charge in [-0.3, -0.25) is 0 Å². The number of benzene rings is 8. The summed E-state index contributed by atoms with van der Waals surface area (Å²) in [4.78, 5) is 10.6. The smallest absolute Gasteiger partial charge is 0.161 e. The van der Waals surface area contributed by atoms with Gasteiger partial charge >= 0.3 is 0 Å². The third-order valence-electron chi connectivity index (χ3n) is 10.3. The van der Waals surface area contributed by atoms with Crippen LogP contribution in [0.1, 0.15) is 0 Å². The fourth-order valence-electron chi connectivity index (χ4n) is 7.54. The van der Waals surface area contributed by atoms with Crippen LogP contribution in [-0.4, -0.2) is 9.97 Å². The highest BCUT2D eigenvalue weighted by molar-refractivity contribution is 7.25. The molecule has 0 saturated carbocycles. The molecule has 0 radical (unpaired) electrons. The van der Waals surface area contributed by atoms with Gasteiger partial charge in [0.05, 0.1) is 11.4 Å². The molecule has 55 heavy (non-hydrogen) atoms. The molecule has 8 aromatic carbocycles. The van der Waals surface area contributed by atoms with E-state index in [1.54, 1.807) is 0 Å². The highest BCUT2D eigenvalue weighted by Gasteiger charge is 2.17. The number of thiophene rings is 1. The summed E-state index contributed by atoms with van der Waals surface area (Å²) in [5, 5.41) is 2.60. The normalized spacial score (nSPS) is 11.3. The predicted molar refractivity (Wildman–Crippen MR) is 233 cm³/mol. The molecule has 0 N–H and O–H groups in total. The van der Waals surface area contributed by atoms with Gasteiger partial charge in [0.1, 0.15) is 0 Å². The number of hydrogen-bond donors (Lipinski definition) is 0. The van der Waals surface area contributed by atoms with Crippen molar-refractivity contribution in [2.24, 2.45) is 0 Å². The lowest BCUT2D eigenvalue weighted by Crippen LogP contribution is -1.98. The Balaban J connectivity index is 1.19. The van der Waals surface area contributed by atoms with Crippen molar-refractivity contribution in [2.45, 2.75) is 0 Å². The molecule has 0 saturated heterocycles. The zero-order chi connectivity index (χ0) is 36.6. The molecule has 10 rings (SSSR count). The van der Waals surface area contributed by atoms with Crippen LogP contribution in [0.5, 0.6) is 0 Å². The number of rotatable bonds is 7. The molecule has 0 bridgehead atoms. The lowest BCUT2D eigenvalue weighted by molar-refractivity contribution is 1.18. The molecule has 0 aliphatic heterocycles. The molecule has 10 aromatic rings. The Morgan fingerprint density at radius 3 is 1.49 bits per heavy atom. The second-order valence-corrected chi connectivity index (χ2v) is 14.9. The molecular formula is C52H34N2S. The van der Waals surface area contributed by atoms with Crippen LogP contribution >= 0.6 is 11.3 Å². The number of nitrogens with zero attached hydrogens (tertiary/aromatic N) is 2. The topological polar surface area (TPSA) is 25.8 Å². The van der Waals surface area contributed by atoms with Gasteiger partial charge in [0, 0.05) is 36.9 Å². The quantitative estimate of drug-likeness (QED) is 0.164. The van der Waals surface area contributed by atoms with Crippen LogP contribution in [0.2, 0.25) is 0 Å². The Labute approximate surface area is 324 Å². The van der Waals surface area contributed by atoms with Gasteiger partial charge in [-0.1, -0.05) is 164 Å². The molecule has 258 valence electrons. The van der Waals surface area contributed by atoms with Crippen molar-refractivity contribution in [3.05, 3.63) is 206 Å². The molecule has 0 aliphatic carbocycles. The second-order valence-electron chi connectivity index (χ2n) is 13.8. The first-order valence-corrected chi connectivity index (χ1v) is 19.4.